The highest BCUT2D eigenvalue weighted by Gasteiger charge is 2.45. The summed E-state index contributed by atoms with van der Waals surface area (Å²) in [7, 11) is -4.39. The third-order valence-electron chi connectivity index (χ3n) is 7.83. The van der Waals surface area contributed by atoms with Gasteiger partial charge in [0.25, 0.3) is 0 Å². The number of morpholine rings is 1. The summed E-state index contributed by atoms with van der Waals surface area (Å²) in [6.07, 6.45) is 1.09. The van der Waals surface area contributed by atoms with Crippen LogP contribution < -0.4 is 4.90 Å². The molecule has 47 heavy (non-hydrogen) atoms. The molecule has 4 heterocycles. The zero-order valence-corrected chi connectivity index (χ0v) is 26.2. The third kappa shape index (κ3) is 7.13. The number of benzene rings is 2. The van der Waals surface area contributed by atoms with Crippen molar-refractivity contribution in [3.05, 3.63) is 89.9 Å². The average molecular weight is 665 g/mol. The summed E-state index contributed by atoms with van der Waals surface area (Å²) < 4.78 is 69.8. The number of alkyl halides is 3. The van der Waals surface area contributed by atoms with Crippen molar-refractivity contribution in [2.24, 2.45) is 0 Å². The van der Waals surface area contributed by atoms with Crippen LogP contribution in [0.2, 0.25) is 0 Å². The molecule has 1 aliphatic rings. The molecule has 14 heteroatoms. The van der Waals surface area contributed by atoms with Gasteiger partial charge in [0.05, 0.1) is 48.3 Å². The first-order chi connectivity index (χ1) is 22.5. The predicted octanol–water partition coefficient (Wildman–Crippen LogP) is 5.23. The number of ether oxygens (including phenoxy) is 1. The lowest BCUT2D eigenvalue weighted by Crippen LogP contribution is -2.44. The Kier molecular flexibility index (Phi) is 8.97. The van der Waals surface area contributed by atoms with Crippen molar-refractivity contribution < 1.29 is 31.1 Å². The Morgan fingerprint density at radius 3 is 2.45 bits per heavy atom. The highest BCUT2D eigenvalue weighted by molar-refractivity contribution is 7.88. The van der Waals surface area contributed by atoms with Gasteiger partial charge in [-0.2, -0.15) is 18.3 Å². The Labute approximate surface area is 269 Å². The fourth-order valence-corrected chi connectivity index (χ4v) is 6.41. The minimum Gasteiger partial charge on any atom is -0.378 e. The highest BCUT2D eigenvalue weighted by atomic mass is 32.2. The molecule has 0 radical (unpaired) electrons. The maximum absolute atomic E-state index is 13.0. The number of carbonyl (C=O) groups is 1. The second-order valence-corrected chi connectivity index (χ2v) is 13.0. The van der Waals surface area contributed by atoms with E-state index in [1.807, 2.05) is 78.9 Å². The maximum atomic E-state index is 13.0. The van der Waals surface area contributed by atoms with Crippen LogP contribution in [0.15, 0.2) is 72.9 Å². The Bertz CT molecular complexity index is 2060. The second-order valence-electron chi connectivity index (χ2n) is 11.1. The number of sulfonamides is 1. The summed E-state index contributed by atoms with van der Waals surface area (Å²) in [5.74, 6) is -2.40. The molecular formula is C33H31F3N6O4S. The number of rotatable bonds is 9. The molecule has 0 atom stereocenters. The number of pyridine rings is 1. The lowest BCUT2D eigenvalue weighted by Gasteiger charge is -2.28. The zero-order valence-electron chi connectivity index (χ0n) is 25.4. The van der Waals surface area contributed by atoms with Crippen molar-refractivity contribution in [2.45, 2.75) is 19.0 Å². The van der Waals surface area contributed by atoms with Crippen LogP contribution in [-0.4, -0.2) is 83.5 Å². The molecule has 1 amide bonds. The van der Waals surface area contributed by atoms with Gasteiger partial charge in [-0.15, -0.1) is 0 Å². The molecule has 6 rings (SSSR count). The van der Waals surface area contributed by atoms with Crippen LogP contribution in [0.5, 0.6) is 0 Å². The molecule has 0 saturated carbocycles. The van der Waals surface area contributed by atoms with Gasteiger partial charge in [0.15, 0.2) is 5.65 Å². The van der Waals surface area contributed by atoms with E-state index >= 15 is 0 Å². The number of nitrogens with zero attached hydrogens (tertiary/aromatic N) is 6. The minimum absolute atomic E-state index is 0.0149. The number of anilines is 1. The summed E-state index contributed by atoms with van der Waals surface area (Å²) in [6.45, 7) is 2.06. The van der Waals surface area contributed by atoms with E-state index in [-0.39, 0.29) is 17.1 Å². The Hall–Kier alpha value is -4.82. The number of para-hydroxylation sites is 1. The minimum atomic E-state index is -5.29. The van der Waals surface area contributed by atoms with E-state index in [1.54, 1.807) is 10.7 Å². The molecule has 1 saturated heterocycles. The Morgan fingerprint density at radius 1 is 0.979 bits per heavy atom. The number of hydrogen-bond acceptors (Lipinski definition) is 8. The van der Waals surface area contributed by atoms with E-state index in [2.05, 4.69) is 10.00 Å². The Morgan fingerprint density at radius 2 is 1.72 bits per heavy atom. The molecule has 1 aliphatic heterocycles. The van der Waals surface area contributed by atoms with Crippen molar-refractivity contribution in [3.8, 4) is 11.3 Å². The van der Waals surface area contributed by atoms with Crippen LogP contribution in [0.25, 0.3) is 40.0 Å². The SMILES string of the molecule is CS(=O)(=O)N(CCCc1ccc(-c2c(/C=C/c3ccc4ccccc4n3)nc3c(N4CCOCC4)ccnn23)cc1)C(=O)C(F)(F)F. The van der Waals surface area contributed by atoms with Gasteiger partial charge in [-0.3, -0.25) is 4.79 Å². The molecule has 1 fully saturated rings. The number of aryl methyl sites for hydroxylation is 1. The van der Waals surface area contributed by atoms with E-state index in [4.69, 9.17) is 14.7 Å². The lowest BCUT2D eigenvalue weighted by atomic mass is 10.0. The van der Waals surface area contributed by atoms with Crippen molar-refractivity contribution >= 4 is 50.3 Å². The van der Waals surface area contributed by atoms with E-state index in [9.17, 15) is 26.4 Å². The van der Waals surface area contributed by atoms with Gasteiger partial charge in [-0.05, 0) is 48.8 Å². The van der Waals surface area contributed by atoms with Gasteiger partial charge in [0.2, 0.25) is 10.0 Å². The summed E-state index contributed by atoms with van der Waals surface area (Å²) in [5, 5.41) is 5.68. The van der Waals surface area contributed by atoms with Gasteiger partial charge in [-0.25, -0.2) is 27.2 Å². The number of carbonyl (C=O) groups excluding carboxylic acids is 1. The van der Waals surface area contributed by atoms with Crippen LogP contribution in [0, 0.1) is 0 Å². The monoisotopic (exact) mass is 664 g/mol. The first-order valence-corrected chi connectivity index (χ1v) is 16.8. The summed E-state index contributed by atoms with van der Waals surface area (Å²) >= 11 is 0. The normalized spacial score (nSPS) is 14.3. The van der Waals surface area contributed by atoms with Gasteiger partial charge in [-0.1, -0.05) is 48.5 Å². The number of aromatic nitrogens is 4. The summed E-state index contributed by atoms with van der Waals surface area (Å²) in [4.78, 5) is 23.7. The molecule has 0 N–H and O–H groups in total. The zero-order chi connectivity index (χ0) is 33.2. The molecule has 0 unspecified atom stereocenters. The predicted molar refractivity (Wildman–Crippen MR) is 173 cm³/mol. The van der Waals surface area contributed by atoms with E-state index in [1.165, 1.54) is 0 Å². The summed E-state index contributed by atoms with van der Waals surface area (Å²) in [6, 6.07) is 21.1. The van der Waals surface area contributed by atoms with Gasteiger partial charge in [0.1, 0.15) is 5.69 Å². The number of fused-ring (bicyclic) bond motifs is 2. The fourth-order valence-electron chi connectivity index (χ4n) is 5.54. The van der Waals surface area contributed by atoms with Crippen LogP contribution in [0.3, 0.4) is 0 Å². The molecule has 0 spiro atoms. The smallest absolute Gasteiger partial charge is 0.378 e. The summed E-state index contributed by atoms with van der Waals surface area (Å²) in [5.41, 5.74) is 6.19. The van der Waals surface area contributed by atoms with Crippen LogP contribution >= 0.6 is 0 Å². The first kappa shape index (κ1) is 32.1. The van der Waals surface area contributed by atoms with E-state index < -0.39 is 28.7 Å². The van der Waals surface area contributed by atoms with Crippen molar-refractivity contribution in [3.63, 3.8) is 0 Å². The van der Waals surface area contributed by atoms with Gasteiger partial charge < -0.3 is 9.64 Å². The van der Waals surface area contributed by atoms with Crippen LogP contribution in [0.1, 0.15) is 23.4 Å². The quantitative estimate of drug-likeness (QED) is 0.211. The average Bonchev–Trinajstić information content (AvgIpc) is 3.43. The molecule has 2 aromatic carbocycles. The van der Waals surface area contributed by atoms with E-state index in [0.717, 1.165) is 39.1 Å². The molecule has 0 aliphatic carbocycles. The second kappa shape index (κ2) is 13.1. The molecule has 10 nitrogen and oxygen atoms in total. The van der Waals surface area contributed by atoms with E-state index in [0.29, 0.717) is 43.9 Å². The van der Waals surface area contributed by atoms with Crippen LogP contribution in [-0.2, 0) is 26.0 Å². The molecular weight excluding hydrogens is 633 g/mol. The van der Waals surface area contributed by atoms with Gasteiger partial charge in [0, 0.05) is 30.6 Å². The number of hydrogen-bond donors (Lipinski definition) is 0. The molecule has 244 valence electrons. The standard InChI is InChI=1S/C33H31F3N6O4S/c1-47(44,45)41(32(43)33(34,35)36)18-4-5-23-8-10-25(11-9-23)30-28(15-14-26-13-12-24-6-2-3-7-27(24)38-26)39-31-29(16-17-37-42(30)31)40-19-21-46-22-20-40/h2-3,6-17H,4-5,18-22H2,1H3/b15-14+. The number of imidazole rings is 1. The van der Waals surface area contributed by atoms with Gasteiger partial charge >= 0.3 is 12.1 Å². The molecule has 3 aromatic heterocycles. The number of amides is 1. The maximum Gasteiger partial charge on any atom is 0.472 e. The van der Waals surface area contributed by atoms with Crippen LogP contribution in [0.4, 0.5) is 18.9 Å². The Balaban J connectivity index is 1.31. The molecule has 0 bridgehead atoms. The third-order valence-corrected chi connectivity index (χ3v) is 8.98. The topological polar surface area (TPSA) is 110 Å². The van der Waals surface area contributed by atoms with Crippen molar-refractivity contribution in [1.82, 2.24) is 23.9 Å². The highest BCUT2D eigenvalue weighted by Crippen LogP contribution is 2.31. The van der Waals surface area contributed by atoms with Crippen molar-refractivity contribution in [2.75, 3.05) is 44.0 Å². The molecule has 5 aromatic rings. The largest absolute Gasteiger partial charge is 0.472 e. The number of halogens is 3. The van der Waals surface area contributed by atoms with Crippen molar-refractivity contribution in [1.29, 1.82) is 0 Å². The lowest BCUT2D eigenvalue weighted by molar-refractivity contribution is -0.180. The first-order valence-electron chi connectivity index (χ1n) is 14.9. The fraction of sp³-hybridized carbons (Fsp3) is 0.273.